The van der Waals surface area contributed by atoms with E-state index < -0.39 is 16.0 Å². The molecule has 1 heterocycles. The summed E-state index contributed by atoms with van der Waals surface area (Å²) in [6.45, 7) is 4.08. The predicted molar refractivity (Wildman–Crippen MR) is 127 cm³/mol. The summed E-state index contributed by atoms with van der Waals surface area (Å²) < 4.78 is 38.8. The SMILES string of the molecule is CCCn1c(COC(=O)COc2ccc(C(=O)CC)cc2)nc2cc(S(=O)(=O)N(C)C)ccc21. The Hall–Kier alpha value is -3.24. The number of benzene rings is 2. The lowest BCUT2D eigenvalue weighted by atomic mass is 10.1. The predicted octanol–water partition coefficient (Wildman–Crippen LogP) is 3.41. The number of hydrogen-bond acceptors (Lipinski definition) is 7. The molecule has 2 aromatic carbocycles. The second-order valence-electron chi connectivity index (χ2n) is 7.87. The molecular weight excluding hydrogens is 458 g/mol. The summed E-state index contributed by atoms with van der Waals surface area (Å²) in [7, 11) is -0.642. The van der Waals surface area contributed by atoms with Gasteiger partial charge in [-0.1, -0.05) is 13.8 Å². The number of ketones is 1. The molecule has 0 aliphatic carbocycles. The van der Waals surface area contributed by atoms with E-state index in [9.17, 15) is 18.0 Å². The number of rotatable bonds is 11. The highest BCUT2D eigenvalue weighted by atomic mass is 32.2. The number of aryl methyl sites for hydroxylation is 1. The minimum Gasteiger partial charge on any atom is -0.482 e. The van der Waals surface area contributed by atoms with Crippen molar-refractivity contribution in [1.29, 1.82) is 0 Å². The van der Waals surface area contributed by atoms with E-state index in [2.05, 4.69) is 4.98 Å². The average molecular weight is 488 g/mol. The minimum absolute atomic E-state index is 0.0346. The van der Waals surface area contributed by atoms with Crippen LogP contribution in [-0.2, 0) is 32.7 Å². The van der Waals surface area contributed by atoms with E-state index in [1.165, 1.54) is 20.2 Å². The number of hydrogen-bond donors (Lipinski definition) is 0. The van der Waals surface area contributed by atoms with Crippen molar-refractivity contribution >= 4 is 32.8 Å². The van der Waals surface area contributed by atoms with Crippen LogP contribution in [-0.4, -0.2) is 54.7 Å². The van der Waals surface area contributed by atoms with Gasteiger partial charge in [-0.25, -0.2) is 22.5 Å². The number of sulfonamides is 1. The van der Waals surface area contributed by atoms with Crippen molar-refractivity contribution in [1.82, 2.24) is 13.9 Å². The summed E-state index contributed by atoms with van der Waals surface area (Å²) in [5, 5.41) is 0. The summed E-state index contributed by atoms with van der Waals surface area (Å²) >= 11 is 0. The van der Waals surface area contributed by atoms with Gasteiger partial charge in [0.15, 0.2) is 12.4 Å². The van der Waals surface area contributed by atoms with Crippen molar-refractivity contribution in [2.45, 2.75) is 44.7 Å². The van der Waals surface area contributed by atoms with Crippen LogP contribution in [0.5, 0.6) is 5.75 Å². The van der Waals surface area contributed by atoms with Crippen LogP contribution in [0.3, 0.4) is 0 Å². The number of carbonyl (C=O) groups is 2. The largest absolute Gasteiger partial charge is 0.482 e. The molecule has 0 saturated carbocycles. The number of nitrogens with zero attached hydrogens (tertiary/aromatic N) is 3. The Morgan fingerprint density at radius 2 is 1.76 bits per heavy atom. The second kappa shape index (κ2) is 10.8. The molecule has 0 bridgehead atoms. The molecular formula is C24H29N3O6S. The quantitative estimate of drug-likeness (QED) is 0.301. The summed E-state index contributed by atoms with van der Waals surface area (Å²) in [5.74, 6) is 0.441. The van der Waals surface area contributed by atoms with E-state index in [0.29, 0.717) is 35.6 Å². The van der Waals surface area contributed by atoms with Crippen LogP contribution in [0.15, 0.2) is 47.4 Å². The van der Waals surface area contributed by atoms with Gasteiger partial charge in [0.1, 0.15) is 18.2 Å². The minimum atomic E-state index is -3.59. The van der Waals surface area contributed by atoms with Crippen molar-refractivity contribution in [3.63, 3.8) is 0 Å². The van der Waals surface area contributed by atoms with Crippen molar-refractivity contribution in [2.24, 2.45) is 0 Å². The van der Waals surface area contributed by atoms with E-state index in [4.69, 9.17) is 9.47 Å². The molecule has 0 atom stereocenters. The van der Waals surface area contributed by atoms with Gasteiger partial charge >= 0.3 is 5.97 Å². The van der Waals surface area contributed by atoms with Gasteiger partial charge in [-0.2, -0.15) is 0 Å². The second-order valence-corrected chi connectivity index (χ2v) is 10.0. The third-order valence-corrected chi connectivity index (χ3v) is 7.05. The Morgan fingerprint density at radius 1 is 1.06 bits per heavy atom. The van der Waals surface area contributed by atoms with Crippen LogP contribution in [0.25, 0.3) is 11.0 Å². The Morgan fingerprint density at radius 3 is 2.38 bits per heavy atom. The lowest BCUT2D eigenvalue weighted by molar-refractivity contribution is -0.147. The zero-order valence-corrected chi connectivity index (χ0v) is 20.6. The standard InChI is InChI=1S/C24H29N3O6S/c1-5-13-27-21-12-11-19(34(30,31)26(3)4)14-20(21)25-23(27)15-33-24(29)16-32-18-9-7-17(8-10-18)22(28)6-2/h7-12,14H,5-6,13,15-16H2,1-4H3. The Balaban J connectivity index is 1.69. The van der Waals surface area contributed by atoms with E-state index in [1.54, 1.807) is 43.3 Å². The Labute approximate surface area is 199 Å². The number of ether oxygens (including phenoxy) is 2. The molecule has 0 N–H and O–H groups in total. The van der Waals surface area contributed by atoms with Crippen LogP contribution in [0.2, 0.25) is 0 Å². The van der Waals surface area contributed by atoms with Gasteiger partial charge in [0, 0.05) is 32.6 Å². The molecule has 34 heavy (non-hydrogen) atoms. The summed E-state index contributed by atoms with van der Waals surface area (Å²) in [4.78, 5) is 28.6. The van der Waals surface area contributed by atoms with Crippen LogP contribution in [0, 0.1) is 0 Å². The fourth-order valence-electron chi connectivity index (χ4n) is 3.38. The van der Waals surface area contributed by atoms with Gasteiger partial charge < -0.3 is 14.0 Å². The first kappa shape index (κ1) is 25.4. The zero-order chi connectivity index (χ0) is 24.9. The smallest absolute Gasteiger partial charge is 0.344 e. The number of Topliss-reactive ketones (excluding diaryl/α,β-unsaturated/α-hetero) is 1. The van der Waals surface area contributed by atoms with E-state index in [1.807, 2.05) is 11.5 Å². The highest BCUT2D eigenvalue weighted by Gasteiger charge is 2.20. The van der Waals surface area contributed by atoms with Crippen molar-refractivity contribution in [3.8, 4) is 5.75 Å². The lowest BCUT2D eigenvalue weighted by Gasteiger charge is -2.11. The molecule has 0 radical (unpaired) electrons. The Bertz CT molecular complexity index is 1280. The average Bonchev–Trinajstić information content (AvgIpc) is 3.18. The van der Waals surface area contributed by atoms with Gasteiger partial charge in [0.2, 0.25) is 10.0 Å². The van der Waals surface area contributed by atoms with Gasteiger partial charge in [-0.15, -0.1) is 0 Å². The van der Waals surface area contributed by atoms with E-state index >= 15 is 0 Å². The molecule has 0 aliphatic rings. The van der Waals surface area contributed by atoms with Gasteiger partial charge in [0.25, 0.3) is 0 Å². The molecule has 0 amide bonds. The molecule has 0 aliphatic heterocycles. The molecule has 0 saturated heterocycles. The molecule has 10 heteroatoms. The zero-order valence-electron chi connectivity index (χ0n) is 19.8. The van der Waals surface area contributed by atoms with Gasteiger partial charge in [-0.05, 0) is 48.9 Å². The fourth-order valence-corrected chi connectivity index (χ4v) is 4.31. The molecule has 0 spiro atoms. The summed E-state index contributed by atoms with van der Waals surface area (Å²) in [5.41, 5.74) is 1.87. The third kappa shape index (κ3) is 5.63. The number of fused-ring (bicyclic) bond motifs is 1. The molecule has 3 aromatic rings. The maximum Gasteiger partial charge on any atom is 0.344 e. The first-order valence-electron chi connectivity index (χ1n) is 11.0. The highest BCUT2D eigenvalue weighted by Crippen LogP contribution is 2.23. The van der Waals surface area contributed by atoms with Crippen LogP contribution >= 0.6 is 0 Å². The summed E-state index contributed by atoms with van der Waals surface area (Å²) in [6, 6.07) is 11.4. The van der Waals surface area contributed by atoms with Crippen molar-refractivity contribution in [2.75, 3.05) is 20.7 Å². The number of aromatic nitrogens is 2. The molecule has 1 aromatic heterocycles. The lowest BCUT2D eigenvalue weighted by Crippen LogP contribution is -2.22. The third-order valence-electron chi connectivity index (χ3n) is 5.24. The van der Waals surface area contributed by atoms with Crippen LogP contribution < -0.4 is 4.74 Å². The van der Waals surface area contributed by atoms with Gasteiger partial charge in [0.05, 0.1) is 15.9 Å². The first-order valence-corrected chi connectivity index (χ1v) is 12.4. The number of carbonyl (C=O) groups excluding carboxylic acids is 2. The molecule has 0 fully saturated rings. The maximum atomic E-state index is 12.5. The molecule has 3 rings (SSSR count). The van der Waals surface area contributed by atoms with Crippen LogP contribution in [0.1, 0.15) is 42.9 Å². The van der Waals surface area contributed by atoms with E-state index in [-0.39, 0.29) is 23.9 Å². The number of esters is 1. The highest BCUT2D eigenvalue weighted by molar-refractivity contribution is 7.89. The first-order chi connectivity index (χ1) is 16.2. The maximum absolute atomic E-state index is 12.5. The summed E-state index contributed by atoms with van der Waals surface area (Å²) in [6.07, 6.45) is 1.24. The van der Waals surface area contributed by atoms with Crippen molar-refractivity contribution < 1.29 is 27.5 Å². The monoisotopic (exact) mass is 487 g/mol. The molecule has 0 unspecified atom stereocenters. The molecule has 182 valence electrons. The fraction of sp³-hybridized carbons (Fsp3) is 0.375. The topological polar surface area (TPSA) is 108 Å². The number of imidazole rings is 1. The van der Waals surface area contributed by atoms with Crippen molar-refractivity contribution in [3.05, 3.63) is 53.9 Å². The molecule has 9 nitrogen and oxygen atoms in total. The van der Waals surface area contributed by atoms with Gasteiger partial charge in [-0.3, -0.25) is 4.79 Å². The van der Waals surface area contributed by atoms with Crippen LogP contribution in [0.4, 0.5) is 0 Å². The normalized spacial score (nSPS) is 11.7. The van der Waals surface area contributed by atoms with E-state index in [0.717, 1.165) is 16.2 Å². The Kier molecular flexibility index (Phi) is 8.06.